The maximum atomic E-state index is 12.9. The third kappa shape index (κ3) is 4.08. The smallest absolute Gasteiger partial charge is 0.332 e. The van der Waals surface area contributed by atoms with E-state index in [9.17, 15) is 14.0 Å². The number of carbonyl (C=O) groups excluding carboxylic acids is 1. The summed E-state index contributed by atoms with van der Waals surface area (Å²) in [5.74, 6) is -2.28. The Balaban J connectivity index is 2.50. The van der Waals surface area contributed by atoms with Crippen molar-refractivity contribution in [1.82, 2.24) is 5.32 Å². The first-order chi connectivity index (χ1) is 8.41. The maximum Gasteiger partial charge on any atom is 0.332 e. The Labute approximate surface area is 111 Å². The molecule has 0 aromatic heterocycles. The predicted octanol–water partition coefficient (Wildman–Crippen LogP) is 1.15. The van der Waals surface area contributed by atoms with Gasteiger partial charge in [0.1, 0.15) is 5.82 Å². The molecule has 0 saturated carbocycles. The number of aliphatic hydroxyl groups is 1. The van der Waals surface area contributed by atoms with Gasteiger partial charge in [-0.25, -0.2) is 9.18 Å². The Morgan fingerprint density at radius 3 is 2.67 bits per heavy atom. The zero-order valence-electron chi connectivity index (χ0n) is 9.19. The molecule has 1 rings (SSSR count). The van der Waals surface area contributed by atoms with Crippen LogP contribution < -0.4 is 5.32 Å². The average Bonchev–Trinajstić information content (AvgIpc) is 2.32. The second kappa shape index (κ2) is 6.46. The first-order valence-electron chi connectivity index (χ1n) is 5.06. The molecule has 0 fully saturated rings. The highest BCUT2D eigenvalue weighted by Crippen LogP contribution is 2.16. The molecule has 0 bridgehead atoms. The van der Waals surface area contributed by atoms with Crippen LogP contribution >= 0.6 is 15.9 Å². The summed E-state index contributed by atoms with van der Waals surface area (Å²) in [6.45, 7) is 0.0152. The van der Waals surface area contributed by atoms with Crippen molar-refractivity contribution in [3.8, 4) is 0 Å². The van der Waals surface area contributed by atoms with Gasteiger partial charge in [-0.1, -0.05) is 0 Å². The van der Waals surface area contributed by atoms with E-state index in [-0.39, 0.29) is 23.0 Å². The molecule has 1 amide bonds. The summed E-state index contributed by atoms with van der Waals surface area (Å²) in [7, 11) is 0. The predicted molar refractivity (Wildman–Crippen MR) is 64.7 cm³/mol. The van der Waals surface area contributed by atoms with Gasteiger partial charge in [0.25, 0.3) is 5.91 Å². The van der Waals surface area contributed by atoms with Gasteiger partial charge in [0.15, 0.2) is 6.10 Å². The number of hydrogen-bond acceptors (Lipinski definition) is 3. The third-order valence-electron chi connectivity index (χ3n) is 2.17. The van der Waals surface area contributed by atoms with Crippen LogP contribution in [0.2, 0.25) is 0 Å². The number of amides is 1. The zero-order valence-corrected chi connectivity index (χ0v) is 10.8. The lowest BCUT2D eigenvalue weighted by Crippen LogP contribution is -2.30. The Bertz CT molecular complexity index is 466. The van der Waals surface area contributed by atoms with Crippen molar-refractivity contribution >= 4 is 27.8 Å². The number of aliphatic carboxylic acids is 1. The maximum absolute atomic E-state index is 12.9. The first-order valence-corrected chi connectivity index (χ1v) is 5.85. The van der Waals surface area contributed by atoms with E-state index in [1.807, 2.05) is 0 Å². The van der Waals surface area contributed by atoms with Gasteiger partial charge in [0, 0.05) is 18.5 Å². The minimum Gasteiger partial charge on any atom is -0.479 e. The molecular formula is C11H11BrFNO4. The molecule has 5 nitrogen and oxygen atoms in total. The van der Waals surface area contributed by atoms with Gasteiger partial charge < -0.3 is 15.5 Å². The highest BCUT2D eigenvalue weighted by molar-refractivity contribution is 9.10. The lowest BCUT2D eigenvalue weighted by atomic mass is 10.2. The topological polar surface area (TPSA) is 86.6 Å². The number of aliphatic hydroxyl groups excluding tert-OH is 1. The van der Waals surface area contributed by atoms with E-state index in [1.165, 1.54) is 12.1 Å². The van der Waals surface area contributed by atoms with E-state index in [0.29, 0.717) is 0 Å². The zero-order chi connectivity index (χ0) is 13.7. The fourth-order valence-electron chi connectivity index (χ4n) is 1.19. The minimum atomic E-state index is -1.51. The van der Waals surface area contributed by atoms with Crippen molar-refractivity contribution in [2.75, 3.05) is 6.54 Å². The lowest BCUT2D eigenvalue weighted by molar-refractivity contribution is -0.146. The van der Waals surface area contributed by atoms with Crippen molar-refractivity contribution in [2.24, 2.45) is 0 Å². The summed E-state index contributed by atoms with van der Waals surface area (Å²) in [5, 5.41) is 19.8. The normalized spacial score (nSPS) is 11.9. The van der Waals surface area contributed by atoms with Gasteiger partial charge in [-0.15, -0.1) is 0 Å². The van der Waals surface area contributed by atoms with E-state index in [4.69, 9.17) is 10.2 Å². The molecule has 0 radical (unpaired) electrons. The highest BCUT2D eigenvalue weighted by Gasteiger charge is 2.13. The van der Waals surface area contributed by atoms with E-state index in [2.05, 4.69) is 21.2 Å². The molecule has 98 valence electrons. The number of carbonyl (C=O) groups is 2. The van der Waals surface area contributed by atoms with E-state index < -0.39 is 23.8 Å². The van der Waals surface area contributed by atoms with Crippen LogP contribution in [0.1, 0.15) is 16.8 Å². The quantitative estimate of drug-likeness (QED) is 0.760. The average molecular weight is 320 g/mol. The van der Waals surface area contributed by atoms with Crippen LogP contribution in [0.4, 0.5) is 4.39 Å². The van der Waals surface area contributed by atoms with E-state index in [0.717, 1.165) is 6.07 Å². The Morgan fingerprint density at radius 1 is 1.44 bits per heavy atom. The molecule has 0 spiro atoms. The molecule has 3 N–H and O–H groups in total. The number of rotatable bonds is 5. The number of nitrogens with one attached hydrogen (secondary N) is 1. The van der Waals surface area contributed by atoms with Gasteiger partial charge in [0.2, 0.25) is 0 Å². The Morgan fingerprint density at radius 2 is 2.11 bits per heavy atom. The monoisotopic (exact) mass is 319 g/mol. The van der Waals surface area contributed by atoms with E-state index >= 15 is 0 Å². The number of carboxylic acid groups (broad SMARTS) is 1. The summed E-state index contributed by atoms with van der Waals surface area (Å²) in [4.78, 5) is 21.9. The molecule has 1 aromatic carbocycles. The van der Waals surface area contributed by atoms with Crippen LogP contribution in [0.5, 0.6) is 0 Å². The van der Waals surface area contributed by atoms with Crippen molar-refractivity contribution in [3.05, 3.63) is 34.1 Å². The van der Waals surface area contributed by atoms with Crippen LogP contribution in [-0.2, 0) is 4.79 Å². The van der Waals surface area contributed by atoms with Crippen molar-refractivity contribution in [1.29, 1.82) is 0 Å². The van der Waals surface area contributed by atoms with E-state index in [1.54, 1.807) is 0 Å². The van der Waals surface area contributed by atoms with Crippen LogP contribution in [-0.4, -0.2) is 34.7 Å². The molecule has 0 aliphatic carbocycles. The Hall–Kier alpha value is -1.47. The molecule has 1 atom stereocenters. The van der Waals surface area contributed by atoms with Crippen LogP contribution in [0.25, 0.3) is 0 Å². The van der Waals surface area contributed by atoms with Crippen LogP contribution in [0.15, 0.2) is 22.7 Å². The van der Waals surface area contributed by atoms with Gasteiger partial charge in [-0.2, -0.15) is 0 Å². The van der Waals surface area contributed by atoms with Crippen molar-refractivity contribution in [3.63, 3.8) is 0 Å². The Kier molecular flexibility index (Phi) is 5.24. The SMILES string of the molecule is O=C(NCCC(O)C(=O)O)c1ccc(F)c(Br)c1. The number of benzene rings is 1. The molecule has 0 heterocycles. The summed E-state index contributed by atoms with van der Waals surface area (Å²) in [5.41, 5.74) is 0.244. The standard InChI is InChI=1S/C11H11BrFNO4/c12-7-5-6(1-2-8(7)13)10(16)14-4-3-9(15)11(17)18/h1-2,5,9,15H,3-4H2,(H,14,16)(H,17,18). The lowest BCUT2D eigenvalue weighted by Gasteiger charge is -2.07. The van der Waals surface area contributed by atoms with Crippen LogP contribution in [0, 0.1) is 5.82 Å². The summed E-state index contributed by atoms with van der Waals surface area (Å²) >= 11 is 2.95. The number of carboxylic acids is 1. The van der Waals surface area contributed by atoms with Gasteiger partial charge in [0.05, 0.1) is 4.47 Å². The fraction of sp³-hybridized carbons (Fsp3) is 0.273. The van der Waals surface area contributed by atoms with Crippen LogP contribution in [0.3, 0.4) is 0 Å². The van der Waals surface area contributed by atoms with Gasteiger partial charge >= 0.3 is 5.97 Å². The molecule has 1 unspecified atom stereocenters. The fourth-order valence-corrected chi connectivity index (χ4v) is 1.56. The number of halogens is 2. The third-order valence-corrected chi connectivity index (χ3v) is 2.78. The van der Waals surface area contributed by atoms with Gasteiger partial charge in [-0.05, 0) is 34.1 Å². The minimum absolute atomic E-state index is 0.0152. The largest absolute Gasteiger partial charge is 0.479 e. The molecule has 1 aromatic rings. The second-order valence-corrected chi connectivity index (χ2v) is 4.38. The number of hydrogen-bond donors (Lipinski definition) is 3. The molecule has 0 aliphatic heterocycles. The second-order valence-electron chi connectivity index (χ2n) is 3.53. The summed E-state index contributed by atoms with van der Waals surface area (Å²) in [6, 6.07) is 3.77. The van der Waals surface area contributed by atoms with Gasteiger partial charge in [-0.3, -0.25) is 4.79 Å². The molecule has 18 heavy (non-hydrogen) atoms. The highest BCUT2D eigenvalue weighted by atomic mass is 79.9. The first kappa shape index (κ1) is 14.6. The molecule has 7 heteroatoms. The summed E-state index contributed by atoms with van der Waals surface area (Å²) < 4.78 is 13.1. The molecular weight excluding hydrogens is 309 g/mol. The molecule has 0 aliphatic rings. The molecule has 0 saturated heterocycles. The van der Waals surface area contributed by atoms with Crippen molar-refractivity contribution < 1.29 is 24.2 Å². The van der Waals surface area contributed by atoms with Crippen molar-refractivity contribution in [2.45, 2.75) is 12.5 Å². The summed E-state index contributed by atoms with van der Waals surface area (Å²) in [6.07, 6.45) is -1.60.